The molecule has 0 rings (SSSR count). The quantitative estimate of drug-likeness (QED) is 0.0362. The molecule has 0 radical (unpaired) electrons. The molecule has 0 saturated heterocycles. The van der Waals surface area contributed by atoms with E-state index in [4.69, 9.17) is 0 Å². The van der Waals surface area contributed by atoms with Gasteiger partial charge in [0.1, 0.15) is 6.10 Å². The number of amides is 1. The third-order valence-electron chi connectivity index (χ3n) is 13.8. The first-order valence-electron chi connectivity index (χ1n) is 29.2. The zero-order valence-electron chi connectivity index (χ0n) is 43.4. The number of allylic oxidation sites excluding steroid dienone is 3. The lowest BCUT2D eigenvalue weighted by Gasteiger charge is -2.21. The molecule has 3 atom stereocenters. The van der Waals surface area contributed by atoms with E-state index < -0.39 is 24.2 Å². The van der Waals surface area contributed by atoms with Gasteiger partial charge in [0.05, 0.1) is 18.8 Å². The Morgan fingerprint density at radius 1 is 0.375 bits per heavy atom. The Labute approximate surface area is 401 Å². The van der Waals surface area contributed by atoms with Crippen molar-refractivity contribution in [3.63, 3.8) is 0 Å². The fourth-order valence-corrected chi connectivity index (χ4v) is 9.24. The summed E-state index contributed by atoms with van der Waals surface area (Å²) in [6, 6.07) is -0.796. The Morgan fingerprint density at radius 2 is 0.625 bits per heavy atom. The molecule has 0 heterocycles. The van der Waals surface area contributed by atoms with Gasteiger partial charge < -0.3 is 20.6 Å². The lowest BCUT2D eigenvalue weighted by Crippen LogP contribution is -2.48. The second-order valence-corrected chi connectivity index (χ2v) is 20.2. The van der Waals surface area contributed by atoms with E-state index >= 15 is 0 Å². The van der Waals surface area contributed by atoms with E-state index in [0.717, 1.165) is 32.1 Å². The van der Waals surface area contributed by atoms with Crippen LogP contribution in [0, 0.1) is 0 Å². The molecule has 0 spiro atoms. The third kappa shape index (κ3) is 48.8. The highest BCUT2D eigenvalue weighted by atomic mass is 16.3. The van der Waals surface area contributed by atoms with Gasteiger partial charge in [0.2, 0.25) is 5.91 Å². The molecule has 1 amide bonds. The van der Waals surface area contributed by atoms with Crippen molar-refractivity contribution in [1.82, 2.24) is 5.32 Å². The van der Waals surface area contributed by atoms with Gasteiger partial charge in [0, 0.05) is 0 Å². The minimum Gasteiger partial charge on any atom is -0.394 e. The van der Waals surface area contributed by atoms with Crippen molar-refractivity contribution in [3.8, 4) is 0 Å². The zero-order valence-corrected chi connectivity index (χ0v) is 43.4. The molecule has 0 aliphatic heterocycles. The van der Waals surface area contributed by atoms with Crippen molar-refractivity contribution in [1.29, 1.82) is 0 Å². The van der Waals surface area contributed by atoms with Crippen LogP contribution in [0.15, 0.2) is 24.3 Å². The summed E-state index contributed by atoms with van der Waals surface area (Å²) in [6.07, 6.45) is 69.8. The number of hydrogen-bond donors (Lipinski definition) is 4. The molecule has 380 valence electrons. The Hall–Kier alpha value is -1.17. The summed E-state index contributed by atoms with van der Waals surface area (Å²) in [5.74, 6) is -0.498. The Morgan fingerprint density at radius 3 is 0.906 bits per heavy atom. The average molecular weight is 903 g/mol. The highest BCUT2D eigenvalue weighted by molar-refractivity contribution is 5.80. The molecule has 0 aliphatic rings. The number of rotatable bonds is 54. The molecule has 5 nitrogen and oxygen atoms in total. The van der Waals surface area contributed by atoms with E-state index in [1.807, 2.05) is 6.08 Å². The van der Waals surface area contributed by atoms with Crippen LogP contribution in [0.5, 0.6) is 0 Å². The molecular weight excluding hydrogens is 787 g/mol. The molecule has 0 fully saturated rings. The third-order valence-corrected chi connectivity index (χ3v) is 13.8. The molecular formula is C59H115NO4. The molecule has 5 heteroatoms. The Kier molecular flexibility index (Phi) is 53.4. The Balaban J connectivity index is 3.52. The molecule has 0 saturated carbocycles. The van der Waals surface area contributed by atoms with Gasteiger partial charge in [0.15, 0.2) is 0 Å². The van der Waals surface area contributed by atoms with Crippen LogP contribution >= 0.6 is 0 Å². The van der Waals surface area contributed by atoms with E-state index in [1.165, 1.54) is 270 Å². The van der Waals surface area contributed by atoms with Crippen LogP contribution in [0.2, 0.25) is 0 Å². The topological polar surface area (TPSA) is 89.8 Å². The normalized spacial score (nSPS) is 13.4. The fraction of sp³-hybridized carbons (Fsp3) is 0.915. The van der Waals surface area contributed by atoms with Crippen LogP contribution in [0.3, 0.4) is 0 Å². The van der Waals surface area contributed by atoms with Crippen LogP contribution in [-0.2, 0) is 4.79 Å². The van der Waals surface area contributed by atoms with Crippen molar-refractivity contribution in [2.24, 2.45) is 0 Å². The SMILES string of the molecule is CCCCCCCCCCCCCC/C=C\CCCCCCCCCCCCCCCCCC(O)C(=O)NC(CO)C(O)/C=C/CCCCCCCCCCCCCCCCCCC. The number of carbonyl (C=O) groups is 1. The van der Waals surface area contributed by atoms with E-state index in [2.05, 4.69) is 31.3 Å². The molecule has 64 heavy (non-hydrogen) atoms. The average Bonchev–Trinajstić information content (AvgIpc) is 3.30. The molecule has 4 N–H and O–H groups in total. The number of aliphatic hydroxyl groups is 3. The van der Waals surface area contributed by atoms with Gasteiger partial charge in [-0.3, -0.25) is 4.79 Å². The van der Waals surface area contributed by atoms with Gasteiger partial charge in [-0.15, -0.1) is 0 Å². The number of unbranched alkanes of at least 4 members (excludes halogenated alkanes) is 44. The van der Waals surface area contributed by atoms with Crippen LogP contribution in [0.1, 0.15) is 322 Å². The summed E-state index contributed by atoms with van der Waals surface area (Å²) >= 11 is 0. The van der Waals surface area contributed by atoms with Gasteiger partial charge in [-0.1, -0.05) is 301 Å². The number of carbonyl (C=O) groups excluding carboxylic acids is 1. The monoisotopic (exact) mass is 902 g/mol. The smallest absolute Gasteiger partial charge is 0.249 e. The van der Waals surface area contributed by atoms with Crippen LogP contribution in [0.4, 0.5) is 0 Å². The lowest BCUT2D eigenvalue weighted by atomic mass is 10.0. The first kappa shape index (κ1) is 62.8. The highest BCUT2D eigenvalue weighted by Crippen LogP contribution is 2.18. The van der Waals surface area contributed by atoms with E-state index in [0.29, 0.717) is 6.42 Å². The number of nitrogens with one attached hydrogen (secondary N) is 1. The summed E-state index contributed by atoms with van der Waals surface area (Å²) in [6.45, 7) is 4.22. The molecule has 0 bridgehead atoms. The molecule has 0 aromatic heterocycles. The van der Waals surface area contributed by atoms with E-state index in [-0.39, 0.29) is 6.61 Å². The largest absolute Gasteiger partial charge is 0.394 e. The second kappa shape index (κ2) is 54.4. The van der Waals surface area contributed by atoms with Crippen molar-refractivity contribution in [3.05, 3.63) is 24.3 Å². The predicted molar refractivity (Wildman–Crippen MR) is 282 cm³/mol. The van der Waals surface area contributed by atoms with Gasteiger partial charge in [-0.2, -0.15) is 0 Å². The van der Waals surface area contributed by atoms with Gasteiger partial charge >= 0.3 is 0 Å². The predicted octanol–water partition coefficient (Wildman–Crippen LogP) is 18.1. The maximum absolute atomic E-state index is 12.6. The first-order chi connectivity index (χ1) is 31.6. The zero-order chi connectivity index (χ0) is 46.5. The minimum atomic E-state index is -1.10. The van der Waals surface area contributed by atoms with Crippen LogP contribution < -0.4 is 5.32 Å². The van der Waals surface area contributed by atoms with E-state index in [1.54, 1.807) is 6.08 Å². The summed E-state index contributed by atoms with van der Waals surface area (Å²) < 4.78 is 0. The highest BCUT2D eigenvalue weighted by Gasteiger charge is 2.22. The minimum absolute atomic E-state index is 0.360. The van der Waals surface area contributed by atoms with Crippen molar-refractivity contribution in [2.45, 2.75) is 340 Å². The standard InChI is InChI=1S/C59H115NO4/c1-3-5-7-9-11-13-15-17-19-21-23-24-25-26-27-28-29-30-31-32-33-34-36-38-40-42-44-46-48-50-52-54-58(63)59(64)60-56(55-61)57(62)53-51-49-47-45-43-41-39-37-35-22-20-18-16-14-12-10-8-6-4-2/h26-27,51,53,56-58,61-63H,3-25,28-50,52,54-55H2,1-2H3,(H,60,64)/b27-26-,53-51+. The summed E-state index contributed by atoms with van der Waals surface area (Å²) in [4.78, 5) is 12.6. The molecule has 0 aromatic rings. The molecule has 0 aliphatic carbocycles. The molecule has 0 aromatic carbocycles. The van der Waals surface area contributed by atoms with E-state index in [9.17, 15) is 20.1 Å². The number of aliphatic hydroxyl groups excluding tert-OH is 3. The van der Waals surface area contributed by atoms with Crippen molar-refractivity contribution in [2.75, 3.05) is 6.61 Å². The maximum atomic E-state index is 12.6. The van der Waals surface area contributed by atoms with Crippen LogP contribution in [0.25, 0.3) is 0 Å². The van der Waals surface area contributed by atoms with Crippen LogP contribution in [-0.4, -0.2) is 46.1 Å². The van der Waals surface area contributed by atoms with Crippen molar-refractivity contribution < 1.29 is 20.1 Å². The first-order valence-corrected chi connectivity index (χ1v) is 29.2. The van der Waals surface area contributed by atoms with Gasteiger partial charge in [0.25, 0.3) is 0 Å². The summed E-state index contributed by atoms with van der Waals surface area (Å²) in [5.41, 5.74) is 0. The summed E-state index contributed by atoms with van der Waals surface area (Å²) in [5, 5.41) is 33.4. The van der Waals surface area contributed by atoms with Gasteiger partial charge in [-0.25, -0.2) is 0 Å². The maximum Gasteiger partial charge on any atom is 0.249 e. The second-order valence-electron chi connectivity index (χ2n) is 20.2. The Bertz CT molecular complexity index is 951. The fourth-order valence-electron chi connectivity index (χ4n) is 9.24. The molecule has 3 unspecified atom stereocenters. The number of hydrogen-bond acceptors (Lipinski definition) is 4. The summed E-state index contributed by atoms with van der Waals surface area (Å²) in [7, 11) is 0. The lowest BCUT2D eigenvalue weighted by molar-refractivity contribution is -0.131. The van der Waals surface area contributed by atoms with Gasteiger partial charge in [-0.05, 0) is 44.9 Å². The van der Waals surface area contributed by atoms with Crippen molar-refractivity contribution >= 4 is 5.91 Å².